The summed E-state index contributed by atoms with van der Waals surface area (Å²) < 4.78 is 5.45. The first-order valence-electron chi connectivity index (χ1n) is 7.35. The van der Waals surface area contributed by atoms with E-state index >= 15 is 0 Å². The molecule has 0 heterocycles. The predicted molar refractivity (Wildman–Crippen MR) is 88.7 cm³/mol. The van der Waals surface area contributed by atoms with Crippen molar-refractivity contribution < 1.29 is 9.53 Å². The van der Waals surface area contributed by atoms with Crippen molar-refractivity contribution in [1.82, 2.24) is 5.32 Å². The minimum atomic E-state index is -0.113. The summed E-state index contributed by atoms with van der Waals surface area (Å²) in [4.78, 5) is 12.0. The monoisotopic (exact) mass is 317 g/mol. The number of hydrogen-bond donors (Lipinski definition) is 1. The Hall–Kier alpha value is -1.84. The van der Waals surface area contributed by atoms with Crippen LogP contribution in [0.1, 0.15) is 30.5 Å². The van der Waals surface area contributed by atoms with E-state index in [0.717, 1.165) is 17.5 Å². The molecule has 2 rings (SSSR count). The average Bonchev–Trinajstić information content (AvgIpc) is 2.54. The standard InChI is InChI=1S/C18H20ClNO2/c1-2-17(15-8-10-16(19)11-9-15)20-18(21)13-22-12-14-6-4-3-5-7-14/h3-11,17H,2,12-13H2,1H3,(H,20,21). The Labute approximate surface area is 136 Å². The molecule has 0 aliphatic heterocycles. The molecular formula is C18H20ClNO2. The number of hydrogen-bond acceptors (Lipinski definition) is 2. The molecular weight excluding hydrogens is 298 g/mol. The van der Waals surface area contributed by atoms with E-state index in [-0.39, 0.29) is 18.6 Å². The second-order valence-electron chi connectivity index (χ2n) is 5.06. The molecule has 1 atom stereocenters. The lowest BCUT2D eigenvalue weighted by Gasteiger charge is -2.17. The molecule has 1 amide bonds. The lowest BCUT2D eigenvalue weighted by Crippen LogP contribution is -2.31. The fourth-order valence-electron chi connectivity index (χ4n) is 2.19. The van der Waals surface area contributed by atoms with E-state index in [0.29, 0.717) is 11.6 Å². The molecule has 3 nitrogen and oxygen atoms in total. The zero-order valence-electron chi connectivity index (χ0n) is 12.6. The Morgan fingerprint density at radius 1 is 1.14 bits per heavy atom. The van der Waals surface area contributed by atoms with Crippen LogP contribution in [0.15, 0.2) is 54.6 Å². The first kappa shape index (κ1) is 16.5. The smallest absolute Gasteiger partial charge is 0.246 e. The largest absolute Gasteiger partial charge is 0.367 e. The summed E-state index contributed by atoms with van der Waals surface area (Å²) in [6.07, 6.45) is 0.812. The van der Waals surface area contributed by atoms with Gasteiger partial charge in [-0.25, -0.2) is 0 Å². The number of carbonyl (C=O) groups is 1. The molecule has 1 unspecified atom stereocenters. The van der Waals surface area contributed by atoms with Gasteiger partial charge in [0.1, 0.15) is 6.61 Å². The molecule has 2 aromatic rings. The van der Waals surface area contributed by atoms with Gasteiger partial charge in [0.05, 0.1) is 12.6 Å². The summed E-state index contributed by atoms with van der Waals surface area (Å²) in [7, 11) is 0. The number of amides is 1. The van der Waals surface area contributed by atoms with Gasteiger partial charge in [0, 0.05) is 5.02 Å². The summed E-state index contributed by atoms with van der Waals surface area (Å²) >= 11 is 5.88. The second kappa shape index (κ2) is 8.57. The maximum absolute atomic E-state index is 12.0. The summed E-state index contributed by atoms with van der Waals surface area (Å²) in [5.41, 5.74) is 2.10. The molecule has 0 aromatic heterocycles. The summed E-state index contributed by atoms with van der Waals surface area (Å²) in [5, 5.41) is 3.67. The van der Waals surface area contributed by atoms with Crippen LogP contribution in [0, 0.1) is 0 Å². The molecule has 0 saturated heterocycles. The van der Waals surface area contributed by atoms with Crippen LogP contribution >= 0.6 is 11.6 Å². The van der Waals surface area contributed by atoms with Crippen molar-refractivity contribution in [3.63, 3.8) is 0 Å². The maximum Gasteiger partial charge on any atom is 0.246 e. The highest BCUT2D eigenvalue weighted by atomic mass is 35.5. The van der Waals surface area contributed by atoms with E-state index < -0.39 is 0 Å². The lowest BCUT2D eigenvalue weighted by molar-refractivity contribution is -0.126. The van der Waals surface area contributed by atoms with Crippen LogP contribution in [0.4, 0.5) is 0 Å². The molecule has 22 heavy (non-hydrogen) atoms. The van der Waals surface area contributed by atoms with E-state index in [1.807, 2.05) is 61.5 Å². The van der Waals surface area contributed by atoms with Gasteiger partial charge in [0.15, 0.2) is 0 Å². The van der Waals surface area contributed by atoms with Crippen LogP contribution in [0.2, 0.25) is 5.02 Å². The molecule has 0 fully saturated rings. The van der Waals surface area contributed by atoms with Gasteiger partial charge in [-0.3, -0.25) is 4.79 Å². The van der Waals surface area contributed by atoms with Gasteiger partial charge in [-0.1, -0.05) is 61.0 Å². The third kappa shape index (κ3) is 5.17. The number of carbonyl (C=O) groups excluding carboxylic acids is 1. The Kier molecular flexibility index (Phi) is 6.44. The van der Waals surface area contributed by atoms with Crippen molar-refractivity contribution in [2.24, 2.45) is 0 Å². The van der Waals surface area contributed by atoms with Gasteiger partial charge in [0.25, 0.3) is 0 Å². The summed E-state index contributed by atoms with van der Waals surface area (Å²) in [6, 6.07) is 17.3. The number of halogens is 1. The topological polar surface area (TPSA) is 38.3 Å². The van der Waals surface area contributed by atoms with Crippen LogP contribution < -0.4 is 5.32 Å². The van der Waals surface area contributed by atoms with E-state index in [1.165, 1.54) is 0 Å². The molecule has 116 valence electrons. The van der Waals surface area contributed by atoms with Crippen molar-refractivity contribution in [3.05, 3.63) is 70.7 Å². The van der Waals surface area contributed by atoms with Crippen LogP contribution in [-0.2, 0) is 16.1 Å². The minimum Gasteiger partial charge on any atom is -0.367 e. The van der Waals surface area contributed by atoms with E-state index in [9.17, 15) is 4.79 Å². The Bertz CT molecular complexity index is 584. The Balaban J connectivity index is 1.81. The maximum atomic E-state index is 12.0. The number of benzene rings is 2. The average molecular weight is 318 g/mol. The van der Waals surface area contributed by atoms with Gasteiger partial charge >= 0.3 is 0 Å². The third-order valence-electron chi connectivity index (χ3n) is 3.36. The van der Waals surface area contributed by atoms with Crippen molar-refractivity contribution >= 4 is 17.5 Å². The van der Waals surface area contributed by atoms with Gasteiger partial charge < -0.3 is 10.1 Å². The highest BCUT2D eigenvalue weighted by Crippen LogP contribution is 2.19. The SMILES string of the molecule is CCC(NC(=O)COCc1ccccc1)c1ccc(Cl)cc1. The van der Waals surface area contributed by atoms with Gasteiger partial charge in [-0.15, -0.1) is 0 Å². The van der Waals surface area contributed by atoms with Crippen LogP contribution in [0.3, 0.4) is 0 Å². The zero-order chi connectivity index (χ0) is 15.8. The number of rotatable bonds is 7. The molecule has 4 heteroatoms. The third-order valence-corrected chi connectivity index (χ3v) is 3.61. The van der Waals surface area contributed by atoms with Gasteiger partial charge in [-0.05, 0) is 29.7 Å². The molecule has 0 bridgehead atoms. The molecule has 0 aliphatic rings. The summed E-state index contributed by atoms with van der Waals surface area (Å²) in [6.45, 7) is 2.52. The van der Waals surface area contributed by atoms with E-state index in [2.05, 4.69) is 5.32 Å². The molecule has 0 saturated carbocycles. The van der Waals surface area contributed by atoms with Gasteiger partial charge in [0.2, 0.25) is 5.91 Å². The van der Waals surface area contributed by atoms with Crippen molar-refractivity contribution in [2.75, 3.05) is 6.61 Å². The van der Waals surface area contributed by atoms with Crippen molar-refractivity contribution in [2.45, 2.75) is 26.0 Å². The lowest BCUT2D eigenvalue weighted by atomic mass is 10.0. The first-order valence-corrected chi connectivity index (χ1v) is 7.73. The van der Waals surface area contributed by atoms with E-state index in [1.54, 1.807) is 0 Å². The molecule has 1 N–H and O–H groups in total. The van der Waals surface area contributed by atoms with Crippen LogP contribution in [-0.4, -0.2) is 12.5 Å². The first-order chi connectivity index (χ1) is 10.7. The zero-order valence-corrected chi connectivity index (χ0v) is 13.3. The molecule has 2 aromatic carbocycles. The molecule has 0 radical (unpaired) electrons. The highest BCUT2D eigenvalue weighted by molar-refractivity contribution is 6.30. The quantitative estimate of drug-likeness (QED) is 0.834. The van der Waals surface area contributed by atoms with Gasteiger partial charge in [-0.2, -0.15) is 0 Å². The van der Waals surface area contributed by atoms with Crippen LogP contribution in [0.5, 0.6) is 0 Å². The minimum absolute atomic E-state index is 0.0231. The fraction of sp³-hybridized carbons (Fsp3) is 0.278. The Morgan fingerprint density at radius 2 is 1.82 bits per heavy atom. The van der Waals surface area contributed by atoms with Crippen molar-refractivity contribution in [1.29, 1.82) is 0 Å². The molecule has 0 spiro atoms. The normalized spacial score (nSPS) is 11.9. The van der Waals surface area contributed by atoms with E-state index in [4.69, 9.17) is 16.3 Å². The predicted octanol–water partition coefficient (Wildman–Crippen LogP) is 4.12. The number of nitrogens with one attached hydrogen (secondary N) is 1. The number of ether oxygens (including phenoxy) is 1. The van der Waals surface area contributed by atoms with Crippen molar-refractivity contribution in [3.8, 4) is 0 Å². The second-order valence-corrected chi connectivity index (χ2v) is 5.49. The highest BCUT2D eigenvalue weighted by Gasteiger charge is 2.12. The fourth-order valence-corrected chi connectivity index (χ4v) is 2.31. The molecule has 0 aliphatic carbocycles. The van der Waals surface area contributed by atoms with Crippen LogP contribution in [0.25, 0.3) is 0 Å². The Morgan fingerprint density at radius 3 is 2.45 bits per heavy atom. The summed E-state index contributed by atoms with van der Waals surface area (Å²) in [5.74, 6) is -0.113.